The van der Waals surface area contributed by atoms with Gasteiger partial charge in [0.15, 0.2) is 0 Å². The summed E-state index contributed by atoms with van der Waals surface area (Å²) in [5.41, 5.74) is -1.11. The van der Waals surface area contributed by atoms with Crippen LogP contribution in [0.25, 0.3) is 0 Å². The molecule has 0 saturated carbocycles. The first kappa shape index (κ1) is 39.5. The van der Waals surface area contributed by atoms with Crippen molar-refractivity contribution >= 4 is 117 Å². The zero-order valence-corrected chi connectivity index (χ0v) is 31.7. The number of carbonyl (C=O) groups is 8. The van der Waals surface area contributed by atoms with E-state index in [4.69, 9.17) is 0 Å². The van der Waals surface area contributed by atoms with Crippen LogP contribution in [0.15, 0.2) is 0 Å². The molecule has 2 fully saturated rings. The number of imide groups is 2. The summed E-state index contributed by atoms with van der Waals surface area (Å²) < 4.78 is 0. The van der Waals surface area contributed by atoms with Crippen LogP contribution in [-0.2, 0) is 38.4 Å². The molecule has 2 saturated heterocycles. The highest BCUT2D eigenvalue weighted by Crippen LogP contribution is 2.49. The summed E-state index contributed by atoms with van der Waals surface area (Å²) in [5, 5.41) is 0. The molecule has 2 aliphatic heterocycles. The first-order valence-corrected chi connectivity index (χ1v) is 22.0. The summed E-state index contributed by atoms with van der Waals surface area (Å²) in [7, 11) is 2.36. The average molecular weight is 874 g/mol. The van der Waals surface area contributed by atoms with Crippen molar-refractivity contribution in [3.05, 3.63) is 0 Å². The second-order valence-corrected chi connectivity index (χ2v) is 21.1. The Morgan fingerprint density at radius 1 is 0.841 bits per heavy atom. The van der Waals surface area contributed by atoms with Crippen LogP contribution < -0.4 is 0 Å². The van der Waals surface area contributed by atoms with Crippen LogP contribution >= 0.6 is 58.3 Å². The Bertz CT molecular complexity index is 1140. The minimum absolute atomic E-state index is 0.00175. The number of nitrogens with zero attached hydrogens (tertiary/aromatic N) is 4. The molecule has 0 aromatic heterocycles. The number of ketones is 4. The Kier molecular flexibility index (Phi) is 17.8. The number of Topliss-reactive ketones (excluding diaryl/α,β-unsaturated/α-hetero) is 4. The molecule has 0 bridgehead atoms. The van der Waals surface area contributed by atoms with Gasteiger partial charge in [0.1, 0.15) is 30.7 Å². The Balaban J connectivity index is 1.84. The Labute approximate surface area is 289 Å². The van der Waals surface area contributed by atoms with E-state index in [-0.39, 0.29) is 136 Å². The molecule has 2 rings (SSSR count). The second kappa shape index (κ2) is 19.9. The maximum absolute atomic E-state index is 12.8. The predicted molar refractivity (Wildman–Crippen MR) is 192 cm³/mol. The third kappa shape index (κ3) is 13.2. The minimum Gasteiger partial charge on any atom is -0.299 e. The molecular weight excluding hydrogens is 834 g/mol. The van der Waals surface area contributed by atoms with Gasteiger partial charge in [-0.2, -0.15) is 0 Å². The number of halogens is 2. The number of likely N-dealkylation sites (tertiary alicyclic amines) is 2. The molecule has 12 nitrogen and oxygen atoms in total. The second-order valence-electron chi connectivity index (χ2n) is 11.2. The van der Waals surface area contributed by atoms with Crippen LogP contribution in [0.2, 0.25) is 0 Å². The third-order valence-corrected chi connectivity index (χ3v) is 13.0. The van der Waals surface area contributed by atoms with Gasteiger partial charge < -0.3 is 0 Å². The van der Waals surface area contributed by atoms with E-state index in [2.05, 4.69) is 44.4 Å². The van der Waals surface area contributed by atoms with Crippen molar-refractivity contribution in [3.8, 4) is 0 Å². The lowest BCUT2D eigenvalue weighted by Crippen LogP contribution is -2.43. The number of rotatable bonds is 22. The fourth-order valence-corrected chi connectivity index (χ4v) is 9.80. The van der Waals surface area contributed by atoms with Crippen molar-refractivity contribution in [2.24, 2.45) is 0 Å². The minimum atomic E-state index is -0.595. The molecule has 44 heavy (non-hydrogen) atoms. The van der Waals surface area contributed by atoms with E-state index >= 15 is 0 Å². The van der Waals surface area contributed by atoms with Crippen LogP contribution in [0.1, 0.15) is 52.4 Å². The van der Waals surface area contributed by atoms with Gasteiger partial charge in [-0.25, -0.2) is 0 Å². The highest BCUT2D eigenvalue weighted by Gasteiger charge is 2.40. The van der Waals surface area contributed by atoms with Gasteiger partial charge in [0, 0.05) is 51.9 Å². The monoisotopic (exact) mass is 874 g/mol. The topological polar surface area (TPSA) is 150 Å². The van der Waals surface area contributed by atoms with Gasteiger partial charge >= 0.3 is 0 Å². The Morgan fingerprint density at radius 2 is 1.30 bits per heavy atom. The molecule has 242 valence electrons. The van der Waals surface area contributed by atoms with Crippen molar-refractivity contribution in [2.75, 3.05) is 52.4 Å². The third-order valence-electron chi connectivity index (χ3n) is 7.32. The highest BCUT2D eigenvalue weighted by atomic mass is 127. The quantitative estimate of drug-likeness (QED) is 0.0652. The highest BCUT2D eigenvalue weighted by molar-refractivity contribution is 14.2. The molecule has 0 radical (unpaired) electrons. The fourth-order valence-electron chi connectivity index (χ4n) is 5.22. The van der Waals surface area contributed by atoms with Crippen molar-refractivity contribution in [3.63, 3.8) is 0 Å². The van der Waals surface area contributed by atoms with Crippen LogP contribution in [0.3, 0.4) is 0 Å². The molecule has 4 unspecified atom stereocenters. The van der Waals surface area contributed by atoms with E-state index < -0.39 is 5.44 Å². The van der Waals surface area contributed by atoms with Gasteiger partial charge in [0.05, 0.1) is 37.5 Å². The molecule has 0 aliphatic carbocycles. The molecular formula is C26H40B2I2N4O8P2. The average Bonchev–Trinajstić information content (AvgIpc) is 3.35. The van der Waals surface area contributed by atoms with Gasteiger partial charge in [0.25, 0.3) is 0 Å². The zero-order chi connectivity index (χ0) is 33.0. The first-order valence-electron chi connectivity index (χ1n) is 14.6. The molecule has 0 spiro atoms. The molecule has 18 heteroatoms. The Morgan fingerprint density at radius 3 is 1.70 bits per heavy atom. The molecule has 2 heterocycles. The van der Waals surface area contributed by atoms with E-state index in [0.717, 1.165) is 4.86 Å². The number of hydrogen-bond donors (Lipinski definition) is 0. The standard InChI is InChI=1S/C26H40B2I2N4O8P2/c1-17(35)13-31(15-19(37)5-3-7-33-23(39)11-21(25(33)41)43-28-29)9-10-32(14-18(2)36)16-20(38)6-4-8-34-24(40)12-22(26(34)42)44(27)30/h21-22,28,43H,3-16,27H2,1-2H3. The summed E-state index contributed by atoms with van der Waals surface area (Å²) in [4.78, 5) is 105. The molecule has 2 aliphatic rings. The van der Waals surface area contributed by atoms with Crippen molar-refractivity contribution in [1.82, 2.24) is 19.6 Å². The predicted octanol–water partition coefficient (Wildman–Crippen LogP) is 0.482. The molecule has 0 aromatic rings. The van der Waals surface area contributed by atoms with Gasteiger partial charge in [-0.1, -0.05) is 27.5 Å². The van der Waals surface area contributed by atoms with Crippen molar-refractivity contribution in [1.29, 1.82) is 0 Å². The normalized spacial score (nSPS) is 19.7. The Hall–Kier alpha value is -0.670. The lowest BCUT2D eigenvalue weighted by atomic mass is 10.2. The largest absolute Gasteiger partial charge is 0.299 e. The summed E-state index contributed by atoms with van der Waals surface area (Å²) in [6.45, 7) is 3.86. The lowest BCUT2D eigenvalue weighted by molar-refractivity contribution is -0.140. The maximum Gasteiger partial charge on any atom is 0.237 e. The van der Waals surface area contributed by atoms with Gasteiger partial charge in [0.2, 0.25) is 28.5 Å². The van der Waals surface area contributed by atoms with Crippen LogP contribution in [-0.4, -0.2) is 142 Å². The molecule has 4 amide bonds. The van der Waals surface area contributed by atoms with E-state index in [9.17, 15) is 38.4 Å². The number of amides is 4. The summed E-state index contributed by atoms with van der Waals surface area (Å²) in [6, 6.07) is 0. The van der Waals surface area contributed by atoms with Crippen molar-refractivity contribution < 1.29 is 38.4 Å². The van der Waals surface area contributed by atoms with E-state index in [1.807, 2.05) is 7.57 Å². The van der Waals surface area contributed by atoms with Crippen molar-refractivity contribution in [2.45, 2.75) is 63.7 Å². The van der Waals surface area contributed by atoms with E-state index in [1.54, 1.807) is 9.80 Å². The smallest absolute Gasteiger partial charge is 0.237 e. The lowest BCUT2D eigenvalue weighted by Gasteiger charge is -2.26. The SMILES string of the molecule is BP(I)C1CC(=O)N(CCCC(=O)CN(CCN(CC(C)=O)CC(=O)CCCN2C(=O)CC(PBI)C2=O)CC(C)=O)C1=O. The molecule has 4 atom stereocenters. The van der Waals surface area contributed by atoms with E-state index in [1.165, 1.54) is 23.6 Å². The van der Waals surface area contributed by atoms with Gasteiger partial charge in [-0.3, -0.25) is 58.0 Å². The van der Waals surface area contributed by atoms with Crippen LogP contribution in [0, 0.1) is 0 Å². The number of hydrogen-bond acceptors (Lipinski definition) is 10. The van der Waals surface area contributed by atoms with Crippen LogP contribution in [0.5, 0.6) is 0 Å². The first-order chi connectivity index (χ1) is 20.7. The maximum atomic E-state index is 12.8. The number of carbonyl (C=O) groups excluding carboxylic acids is 8. The molecule has 0 aromatic carbocycles. The van der Waals surface area contributed by atoms with E-state index in [0.29, 0.717) is 21.3 Å². The van der Waals surface area contributed by atoms with Crippen LogP contribution in [0.4, 0.5) is 0 Å². The van der Waals surface area contributed by atoms with Gasteiger partial charge in [-0.15, -0.1) is 30.8 Å². The molecule has 0 N–H and O–H groups in total. The zero-order valence-electron chi connectivity index (χ0n) is 25.5. The fraction of sp³-hybridized carbons (Fsp3) is 0.692. The summed E-state index contributed by atoms with van der Waals surface area (Å²) in [5.74, 6) is -1.23. The van der Waals surface area contributed by atoms with Gasteiger partial charge in [-0.05, 0) is 26.7 Å². The summed E-state index contributed by atoms with van der Waals surface area (Å²) in [6.07, 6.45) is 1.46. The summed E-state index contributed by atoms with van der Waals surface area (Å²) >= 11 is 4.40.